The minimum Gasteiger partial charge on any atom is -0.369 e. The molecule has 1 aromatic carbocycles. The van der Waals surface area contributed by atoms with E-state index in [1.807, 2.05) is 18.2 Å². The number of hydrogen-bond acceptors (Lipinski definition) is 2. The van der Waals surface area contributed by atoms with E-state index in [9.17, 15) is 4.79 Å². The highest BCUT2D eigenvalue weighted by atomic mass is 16.5. The molecule has 2 heteroatoms. The van der Waals surface area contributed by atoms with E-state index in [-0.39, 0.29) is 12.9 Å². The van der Waals surface area contributed by atoms with Crippen LogP contribution in [0.1, 0.15) is 8.30 Å². The molecule has 0 radical (unpaired) electrons. The van der Waals surface area contributed by atoms with Crippen LogP contribution >= 0.6 is 0 Å². The third-order valence-corrected chi connectivity index (χ3v) is 1.21. The van der Waals surface area contributed by atoms with Gasteiger partial charge in [-0.25, -0.2) is 0 Å². The summed E-state index contributed by atoms with van der Waals surface area (Å²) in [4.78, 5) is 10.1. The van der Waals surface area contributed by atoms with Gasteiger partial charge in [-0.3, -0.25) is 0 Å². The van der Waals surface area contributed by atoms with E-state index >= 15 is 0 Å². The molecule has 0 amide bonds. The zero-order valence-corrected chi connectivity index (χ0v) is 5.99. The molecule has 0 unspecified atom stereocenters. The molecular weight excluding hydrogens is 140 g/mol. The molecule has 0 fully saturated rings. The van der Waals surface area contributed by atoms with Gasteiger partial charge in [0.25, 0.3) is 0 Å². The quantitative estimate of drug-likeness (QED) is 0.609. The minimum absolute atomic E-state index is 0.104. The molecule has 0 aliphatic carbocycles. The lowest BCUT2D eigenvalue weighted by atomic mass is 10.2. The molecule has 58 valence electrons. The van der Waals surface area contributed by atoms with Crippen molar-refractivity contribution in [2.75, 3.05) is 6.56 Å². The average molecular weight is 152 g/mol. The van der Waals surface area contributed by atoms with E-state index in [0.717, 1.165) is 5.56 Å². The number of hydrogen-bond donors (Lipinski definition) is 0. The lowest BCUT2D eigenvalue weighted by molar-refractivity contribution is -0.112. The van der Waals surface area contributed by atoms with Crippen LogP contribution in [0.2, 0.25) is 0 Å². The molecule has 0 aliphatic rings. The zero-order chi connectivity index (χ0) is 9.73. The van der Waals surface area contributed by atoms with Gasteiger partial charge >= 0.3 is 0 Å². The summed E-state index contributed by atoms with van der Waals surface area (Å²) in [5, 5.41) is 0. The van der Waals surface area contributed by atoms with Gasteiger partial charge in [-0.1, -0.05) is 30.3 Å². The van der Waals surface area contributed by atoms with Crippen molar-refractivity contribution in [2.45, 2.75) is 6.61 Å². The summed E-state index contributed by atoms with van der Waals surface area (Å²) in [6, 6.07) is 9.13. The van der Waals surface area contributed by atoms with Gasteiger partial charge in [-0.15, -0.1) is 0 Å². The predicted molar refractivity (Wildman–Crippen MR) is 42.2 cm³/mol. The van der Waals surface area contributed by atoms with E-state index in [1.165, 1.54) is 0 Å². The normalized spacial score (nSPS) is 13.5. The van der Waals surface area contributed by atoms with Crippen molar-refractivity contribution in [3.63, 3.8) is 0 Å². The highest BCUT2D eigenvalue weighted by Crippen LogP contribution is 1.99. The Morgan fingerprint density at radius 3 is 2.82 bits per heavy atom. The Morgan fingerprint density at radius 1 is 1.45 bits per heavy atom. The van der Waals surface area contributed by atoms with E-state index in [1.54, 1.807) is 12.1 Å². The number of ether oxygens (including phenoxy) is 1. The lowest BCUT2D eigenvalue weighted by Gasteiger charge is -1.98. The number of aldehydes is 1. The van der Waals surface area contributed by atoms with E-state index in [2.05, 4.69) is 0 Å². The molecule has 1 rings (SSSR count). The smallest absolute Gasteiger partial charge is 0.145 e. The Hall–Kier alpha value is -1.15. The maximum absolute atomic E-state index is 10.1. The van der Waals surface area contributed by atoms with E-state index in [0.29, 0.717) is 0 Å². The Balaban J connectivity index is 2.48. The monoisotopic (exact) mass is 152 g/mol. The topological polar surface area (TPSA) is 26.3 Å². The predicted octanol–water partition coefficient (Wildman–Crippen LogP) is 1.40. The van der Waals surface area contributed by atoms with Crippen LogP contribution in [-0.2, 0) is 16.1 Å². The maximum Gasteiger partial charge on any atom is 0.145 e. The summed E-state index contributed by atoms with van der Waals surface area (Å²) in [6.45, 7) is -2.08. The number of carbonyl (C=O) groups is 1. The maximum atomic E-state index is 10.1. The summed E-state index contributed by atoms with van der Waals surface area (Å²) in [7, 11) is 0. The van der Waals surface area contributed by atoms with Crippen LogP contribution in [0.5, 0.6) is 0 Å². The molecule has 2 nitrogen and oxygen atoms in total. The van der Waals surface area contributed by atoms with Gasteiger partial charge in [0.05, 0.1) is 9.35 Å². The summed E-state index contributed by atoms with van der Waals surface area (Å²) >= 11 is 0. The van der Waals surface area contributed by atoms with Gasteiger partial charge in [0.1, 0.15) is 12.8 Å². The molecule has 0 aromatic heterocycles. The van der Waals surface area contributed by atoms with Crippen molar-refractivity contribution in [2.24, 2.45) is 0 Å². The summed E-state index contributed by atoms with van der Waals surface area (Å²) < 4.78 is 18.7. The Bertz CT molecular complexity index is 272. The van der Waals surface area contributed by atoms with Crippen molar-refractivity contribution in [3.8, 4) is 0 Å². The number of rotatable bonds is 4. The van der Waals surface area contributed by atoms with Crippen molar-refractivity contribution in [3.05, 3.63) is 35.9 Å². The average Bonchev–Trinajstić information content (AvgIpc) is 2.17. The van der Waals surface area contributed by atoms with Crippen LogP contribution in [0, 0.1) is 0 Å². The third-order valence-electron chi connectivity index (χ3n) is 1.21. The highest BCUT2D eigenvalue weighted by molar-refractivity contribution is 5.50. The Labute approximate surface area is 68.6 Å². The molecule has 0 atom stereocenters. The number of benzene rings is 1. The van der Waals surface area contributed by atoms with Gasteiger partial charge in [-0.2, -0.15) is 0 Å². The van der Waals surface area contributed by atoms with Crippen molar-refractivity contribution < 1.29 is 12.3 Å². The Morgan fingerprint density at radius 2 is 2.18 bits per heavy atom. The minimum atomic E-state index is -2.18. The van der Waals surface area contributed by atoms with Gasteiger partial charge in [-0.05, 0) is 5.56 Å². The van der Waals surface area contributed by atoms with Crippen LogP contribution in [0.15, 0.2) is 30.3 Å². The van der Waals surface area contributed by atoms with Crippen LogP contribution in [0.4, 0.5) is 0 Å². The second-order valence-corrected chi connectivity index (χ2v) is 2.01. The fraction of sp³-hybridized carbons (Fsp3) is 0.222. The molecule has 0 saturated carbocycles. The van der Waals surface area contributed by atoms with Crippen molar-refractivity contribution in [1.82, 2.24) is 0 Å². The summed E-state index contributed by atoms with van der Waals surface area (Å²) in [5.41, 5.74) is 0.841. The zero-order valence-electron chi connectivity index (χ0n) is 7.99. The van der Waals surface area contributed by atoms with Crippen LogP contribution in [0.3, 0.4) is 0 Å². The molecule has 0 N–H and O–H groups in total. The fourth-order valence-corrected chi connectivity index (χ4v) is 0.733. The van der Waals surface area contributed by atoms with E-state index < -0.39 is 6.56 Å². The van der Waals surface area contributed by atoms with Crippen LogP contribution in [-0.4, -0.2) is 12.8 Å². The van der Waals surface area contributed by atoms with Gasteiger partial charge in [0.2, 0.25) is 0 Å². The van der Waals surface area contributed by atoms with Gasteiger partial charge in [0, 0.05) is 0 Å². The largest absolute Gasteiger partial charge is 0.369 e. The summed E-state index contributed by atoms with van der Waals surface area (Å²) in [5.74, 6) is 0. The second-order valence-electron chi connectivity index (χ2n) is 2.01. The SMILES string of the molecule is [2H]C([2H])(C=O)OCc1ccccc1. The highest BCUT2D eigenvalue weighted by Gasteiger charge is 1.88. The molecule has 0 aliphatic heterocycles. The molecule has 1 aromatic rings. The van der Waals surface area contributed by atoms with Crippen molar-refractivity contribution >= 4 is 6.29 Å². The lowest BCUT2D eigenvalue weighted by Crippen LogP contribution is -1.95. The van der Waals surface area contributed by atoms with E-state index in [4.69, 9.17) is 7.48 Å². The molecule has 0 heterocycles. The molecule has 0 bridgehead atoms. The fourth-order valence-electron chi connectivity index (χ4n) is 0.733. The molecular formula is C9H10O2. The van der Waals surface area contributed by atoms with Gasteiger partial charge < -0.3 is 9.53 Å². The third kappa shape index (κ3) is 2.96. The molecule has 0 saturated heterocycles. The first-order valence-corrected chi connectivity index (χ1v) is 3.28. The first-order chi connectivity index (χ1) is 6.14. The van der Waals surface area contributed by atoms with Crippen molar-refractivity contribution in [1.29, 1.82) is 0 Å². The standard InChI is InChI=1S/C9H10O2/c10-6-7-11-8-9-4-2-1-3-5-9/h1-6H,7-8H2/i7D2. The first-order valence-electron chi connectivity index (χ1n) is 4.28. The van der Waals surface area contributed by atoms with Crippen LogP contribution in [0.25, 0.3) is 0 Å². The van der Waals surface area contributed by atoms with Gasteiger partial charge in [0.15, 0.2) is 0 Å². The first kappa shape index (κ1) is 5.49. The molecule has 0 spiro atoms. The van der Waals surface area contributed by atoms with Crippen LogP contribution < -0.4 is 0 Å². The summed E-state index contributed by atoms with van der Waals surface area (Å²) in [6.07, 6.45) is 0.149. The molecule has 11 heavy (non-hydrogen) atoms. The second kappa shape index (κ2) is 4.63. The Kier molecular flexibility index (Phi) is 2.31. The number of carbonyl (C=O) groups excluding carboxylic acids is 1.